The molecule has 0 bridgehead atoms. The van der Waals surface area contributed by atoms with Crippen molar-refractivity contribution in [2.45, 2.75) is 64.8 Å². The maximum atomic E-state index is 4.74. The average molecular weight is 315 g/mol. The second-order valence-corrected chi connectivity index (χ2v) is 7.62. The Kier molecular flexibility index (Phi) is 9.16. The van der Waals surface area contributed by atoms with E-state index in [1.807, 2.05) is 0 Å². The molecule has 0 saturated carbocycles. The maximum absolute atomic E-state index is 4.74. The van der Waals surface area contributed by atoms with Crippen LogP contribution >= 0.6 is 11.8 Å². The second-order valence-electron chi connectivity index (χ2n) is 6.21. The number of aliphatic imine (C=N–C) groups is 1. The van der Waals surface area contributed by atoms with E-state index in [-0.39, 0.29) is 0 Å². The standard InChI is InChI=1S/C16H34N4S/c1-6-17-16(19-12-15-8-7-11-21-15)18-9-10-20(13(2)3)14(4)5/h13-15H,6-12H2,1-5H3,(H2,17,18,19). The number of nitrogens with zero attached hydrogens (tertiary/aromatic N) is 2. The maximum Gasteiger partial charge on any atom is 0.191 e. The van der Waals surface area contributed by atoms with Gasteiger partial charge in [0, 0.05) is 37.0 Å². The van der Waals surface area contributed by atoms with Crippen molar-refractivity contribution in [1.82, 2.24) is 15.5 Å². The van der Waals surface area contributed by atoms with Crippen LogP contribution in [0.2, 0.25) is 0 Å². The van der Waals surface area contributed by atoms with E-state index in [0.717, 1.165) is 37.4 Å². The molecular formula is C16H34N4S. The summed E-state index contributed by atoms with van der Waals surface area (Å²) in [5.41, 5.74) is 0. The first-order valence-corrected chi connectivity index (χ1v) is 9.49. The lowest BCUT2D eigenvalue weighted by Gasteiger charge is -2.30. The van der Waals surface area contributed by atoms with Crippen molar-refractivity contribution in [3.05, 3.63) is 0 Å². The van der Waals surface area contributed by atoms with Gasteiger partial charge in [-0.15, -0.1) is 0 Å². The van der Waals surface area contributed by atoms with Crippen molar-refractivity contribution in [3.8, 4) is 0 Å². The highest BCUT2D eigenvalue weighted by Gasteiger charge is 2.15. The Morgan fingerprint density at radius 2 is 1.95 bits per heavy atom. The summed E-state index contributed by atoms with van der Waals surface area (Å²) < 4.78 is 0. The molecule has 1 atom stereocenters. The molecule has 1 saturated heterocycles. The monoisotopic (exact) mass is 314 g/mol. The highest BCUT2D eigenvalue weighted by molar-refractivity contribution is 8.00. The van der Waals surface area contributed by atoms with E-state index in [0.29, 0.717) is 12.1 Å². The Morgan fingerprint density at radius 3 is 2.48 bits per heavy atom. The molecule has 124 valence electrons. The molecule has 1 aliphatic heterocycles. The highest BCUT2D eigenvalue weighted by atomic mass is 32.2. The molecule has 5 heteroatoms. The third-order valence-electron chi connectivity index (χ3n) is 3.81. The fraction of sp³-hybridized carbons (Fsp3) is 0.938. The number of hydrogen-bond donors (Lipinski definition) is 2. The third-order valence-corrected chi connectivity index (χ3v) is 5.19. The smallest absolute Gasteiger partial charge is 0.191 e. The van der Waals surface area contributed by atoms with Gasteiger partial charge in [0.1, 0.15) is 0 Å². The first kappa shape index (κ1) is 18.6. The SMILES string of the molecule is CCNC(=NCC1CCCS1)NCCN(C(C)C)C(C)C. The number of hydrogen-bond acceptors (Lipinski definition) is 3. The molecule has 0 amide bonds. The van der Waals surface area contributed by atoms with E-state index in [4.69, 9.17) is 4.99 Å². The fourth-order valence-corrected chi connectivity index (χ4v) is 3.92. The van der Waals surface area contributed by atoms with Gasteiger partial charge in [0.2, 0.25) is 0 Å². The van der Waals surface area contributed by atoms with Gasteiger partial charge in [-0.2, -0.15) is 11.8 Å². The number of nitrogens with one attached hydrogen (secondary N) is 2. The molecule has 0 aliphatic carbocycles. The Hall–Kier alpha value is -0.420. The lowest BCUT2D eigenvalue weighted by Crippen LogP contribution is -2.45. The normalized spacial score (nSPS) is 19.8. The van der Waals surface area contributed by atoms with Gasteiger partial charge in [-0.1, -0.05) is 0 Å². The zero-order chi connectivity index (χ0) is 15.7. The third kappa shape index (κ3) is 7.41. The Labute approximate surface area is 135 Å². The minimum Gasteiger partial charge on any atom is -0.357 e. The van der Waals surface area contributed by atoms with Crippen LogP contribution in [0.1, 0.15) is 47.5 Å². The van der Waals surface area contributed by atoms with Gasteiger partial charge in [-0.05, 0) is 53.2 Å². The number of rotatable bonds is 8. The van der Waals surface area contributed by atoms with E-state index in [9.17, 15) is 0 Å². The summed E-state index contributed by atoms with van der Waals surface area (Å²) in [5, 5.41) is 7.55. The largest absolute Gasteiger partial charge is 0.357 e. The highest BCUT2D eigenvalue weighted by Crippen LogP contribution is 2.25. The predicted molar refractivity (Wildman–Crippen MR) is 96.4 cm³/mol. The van der Waals surface area contributed by atoms with Crippen LogP contribution in [0, 0.1) is 0 Å². The average Bonchev–Trinajstić information content (AvgIpc) is 2.93. The lowest BCUT2D eigenvalue weighted by atomic mass is 10.2. The lowest BCUT2D eigenvalue weighted by molar-refractivity contribution is 0.178. The van der Waals surface area contributed by atoms with Gasteiger partial charge in [0.25, 0.3) is 0 Å². The van der Waals surface area contributed by atoms with E-state index < -0.39 is 0 Å². The number of thioether (sulfide) groups is 1. The summed E-state index contributed by atoms with van der Waals surface area (Å²) >= 11 is 2.07. The van der Waals surface area contributed by atoms with E-state index in [1.54, 1.807) is 0 Å². The van der Waals surface area contributed by atoms with E-state index in [1.165, 1.54) is 18.6 Å². The van der Waals surface area contributed by atoms with Crippen molar-refractivity contribution < 1.29 is 0 Å². The molecule has 4 nitrogen and oxygen atoms in total. The number of guanidine groups is 1. The van der Waals surface area contributed by atoms with Crippen molar-refractivity contribution in [2.24, 2.45) is 4.99 Å². The summed E-state index contributed by atoms with van der Waals surface area (Å²) in [4.78, 5) is 7.24. The van der Waals surface area contributed by atoms with Gasteiger partial charge in [0.05, 0.1) is 6.54 Å². The van der Waals surface area contributed by atoms with Gasteiger partial charge in [0.15, 0.2) is 5.96 Å². The topological polar surface area (TPSA) is 39.7 Å². The van der Waals surface area contributed by atoms with Crippen LogP contribution in [0.4, 0.5) is 0 Å². The molecule has 0 spiro atoms. The van der Waals surface area contributed by atoms with Crippen LogP contribution in [0.3, 0.4) is 0 Å². The van der Waals surface area contributed by atoms with E-state index in [2.05, 4.69) is 61.9 Å². The summed E-state index contributed by atoms with van der Waals surface area (Å²) in [5.74, 6) is 2.28. The Balaban J connectivity index is 2.37. The van der Waals surface area contributed by atoms with Crippen molar-refractivity contribution >= 4 is 17.7 Å². The molecule has 1 rings (SSSR count). The summed E-state index contributed by atoms with van der Waals surface area (Å²) in [6, 6.07) is 1.17. The van der Waals surface area contributed by atoms with Gasteiger partial charge >= 0.3 is 0 Å². The minimum absolute atomic E-state index is 0.584. The summed E-state index contributed by atoms with van der Waals surface area (Å²) in [6.45, 7) is 15.0. The van der Waals surface area contributed by atoms with Crippen LogP contribution in [-0.4, -0.2) is 60.1 Å². The van der Waals surface area contributed by atoms with Crippen molar-refractivity contribution in [2.75, 3.05) is 31.9 Å². The zero-order valence-electron chi connectivity index (χ0n) is 14.5. The molecule has 1 aliphatic rings. The molecule has 1 unspecified atom stereocenters. The first-order chi connectivity index (χ1) is 10.0. The van der Waals surface area contributed by atoms with Crippen LogP contribution in [0.25, 0.3) is 0 Å². The quantitative estimate of drug-likeness (QED) is 0.533. The van der Waals surface area contributed by atoms with Crippen LogP contribution in [0.5, 0.6) is 0 Å². The van der Waals surface area contributed by atoms with Gasteiger partial charge in [-0.3, -0.25) is 9.89 Å². The molecule has 0 aromatic heterocycles. The van der Waals surface area contributed by atoms with Crippen molar-refractivity contribution in [3.63, 3.8) is 0 Å². The minimum atomic E-state index is 0.584. The fourth-order valence-electron chi connectivity index (χ4n) is 2.74. The molecule has 1 heterocycles. The van der Waals surface area contributed by atoms with Crippen LogP contribution < -0.4 is 10.6 Å². The molecule has 0 aromatic rings. The van der Waals surface area contributed by atoms with Crippen molar-refractivity contribution in [1.29, 1.82) is 0 Å². The summed E-state index contributed by atoms with van der Waals surface area (Å²) in [7, 11) is 0. The first-order valence-electron chi connectivity index (χ1n) is 8.44. The predicted octanol–water partition coefficient (Wildman–Crippen LogP) is 2.56. The van der Waals surface area contributed by atoms with Gasteiger partial charge in [-0.25, -0.2) is 0 Å². The summed E-state index contributed by atoms with van der Waals surface area (Å²) in [6.07, 6.45) is 2.68. The molecule has 21 heavy (non-hydrogen) atoms. The molecular weight excluding hydrogens is 280 g/mol. The Morgan fingerprint density at radius 1 is 1.24 bits per heavy atom. The Bertz CT molecular complexity index is 291. The van der Waals surface area contributed by atoms with Crippen LogP contribution in [0.15, 0.2) is 4.99 Å². The zero-order valence-corrected chi connectivity index (χ0v) is 15.3. The van der Waals surface area contributed by atoms with E-state index >= 15 is 0 Å². The molecule has 1 fully saturated rings. The second kappa shape index (κ2) is 10.3. The van der Waals surface area contributed by atoms with Crippen LogP contribution in [-0.2, 0) is 0 Å². The molecule has 0 radical (unpaired) electrons. The molecule has 0 aromatic carbocycles. The molecule has 2 N–H and O–H groups in total. The van der Waals surface area contributed by atoms with Gasteiger partial charge < -0.3 is 10.6 Å².